The normalized spacial score (nSPS) is 11.6. The maximum Gasteiger partial charge on any atom is 0.0354 e. The Hall–Kier alpha value is -2.20. The summed E-state index contributed by atoms with van der Waals surface area (Å²) in [7, 11) is 0. The zero-order valence-electron chi connectivity index (χ0n) is 10.6. The van der Waals surface area contributed by atoms with Crippen molar-refractivity contribution in [3.63, 3.8) is 0 Å². The predicted octanol–water partition coefficient (Wildman–Crippen LogP) is 3.71. The van der Waals surface area contributed by atoms with Crippen molar-refractivity contribution in [1.82, 2.24) is 0 Å². The van der Waals surface area contributed by atoms with Gasteiger partial charge in [-0.05, 0) is 37.1 Å². The highest BCUT2D eigenvalue weighted by Gasteiger charge is 2.03. The van der Waals surface area contributed by atoms with E-state index in [4.69, 9.17) is 6.42 Å². The fourth-order valence-electron chi connectivity index (χ4n) is 2.00. The molecule has 0 saturated carbocycles. The molecule has 1 nitrogen and oxygen atoms in total. The van der Waals surface area contributed by atoms with Crippen LogP contribution in [-0.2, 0) is 6.42 Å². The standard InChI is InChI=1S/C17H17N/c1-3-15-10-7-11-17(13-15)18-14(2)12-16-8-5-4-6-9-16/h1,4-11,13-14,18H,12H2,2H3. The molecule has 90 valence electrons. The van der Waals surface area contributed by atoms with E-state index in [0.29, 0.717) is 6.04 Å². The fraction of sp³-hybridized carbons (Fsp3) is 0.176. The maximum atomic E-state index is 5.40. The first kappa shape index (κ1) is 12.3. The highest BCUT2D eigenvalue weighted by atomic mass is 14.9. The minimum absolute atomic E-state index is 0.375. The Morgan fingerprint density at radius 3 is 2.61 bits per heavy atom. The highest BCUT2D eigenvalue weighted by Crippen LogP contribution is 2.13. The van der Waals surface area contributed by atoms with Gasteiger partial charge >= 0.3 is 0 Å². The van der Waals surface area contributed by atoms with E-state index in [0.717, 1.165) is 17.7 Å². The second kappa shape index (κ2) is 5.93. The van der Waals surface area contributed by atoms with Gasteiger partial charge in [-0.25, -0.2) is 0 Å². The Balaban J connectivity index is 1.99. The molecule has 1 heteroatoms. The number of anilines is 1. The summed E-state index contributed by atoms with van der Waals surface area (Å²) in [6.45, 7) is 2.18. The van der Waals surface area contributed by atoms with Gasteiger partial charge in [0.05, 0.1) is 0 Å². The van der Waals surface area contributed by atoms with Crippen LogP contribution in [0.4, 0.5) is 5.69 Å². The minimum atomic E-state index is 0.375. The van der Waals surface area contributed by atoms with Crippen LogP contribution in [0.5, 0.6) is 0 Å². The van der Waals surface area contributed by atoms with Crippen molar-refractivity contribution in [3.8, 4) is 12.3 Å². The molecule has 1 atom stereocenters. The number of benzene rings is 2. The van der Waals surface area contributed by atoms with Crippen LogP contribution in [-0.4, -0.2) is 6.04 Å². The summed E-state index contributed by atoms with van der Waals surface area (Å²) in [4.78, 5) is 0. The summed E-state index contributed by atoms with van der Waals surface area (Å²) in [6.07, 6.45) is 6.40. The molecule has 0 spiro atoms. The van der Waals surface area contributed by atoms with Gasteiger partial charge in [-0.15, -0.1) is 6.42 Å². The maximum absolute atomic E-state index is 5.40. The second-order valence-corrected chi connectivity index (χ2v) is 4.46. The van der Waals surface area contributed by atoms with Gasteiger partial charge in [-0.3, -0.25) is 0 Å². The van der Waals surface area contributed by atoms with E-state index in [1.165, 1.54) is 5.56 Å². The lowest BCUT2D eigenvalue weighted by molar-refractivity contribution is 0.790. The molecule has 2 aromatic carbocycles. The van der Waals surface area contributed by atoms with E-state index in [1.807, 2.05) is 30.3 Å². The Bertz CT molecular complexity index is 537. The average Bonchev–Trinajstić information content (AvgIpc) is 2.40. The molecule has 0 fully saturated rings. The zero-order valence-corrected chi connectivity index (χ0v) is 10.6. The molecule has 1 N–H and O–H groups in total. The van der Waals surface area contributed by atoms with Crippen molar-refractivity contribution in [2.24, 2.45) is 0 Å². The third-order valence-electron chi connectivity index (χ3n) is 2.83. The van der Waals surface area contributed by atoms with E-state index in [1.54, 1.807) is 0 Å². The number of terminal acetylenes is 1. The van der Waals surface area contributed by atoms with E-state index in [-0.39, 0.29) is 0 Å². The van der Waals surface area contributed by atoms with Gasteiger partial charge in [-0.2, -0.15) is 0 Å². The first-order valence-electron chi connectivity index (χ1n) is 6.15. The zero-order chi connectivity index (χ0) is 12.8. The van der Waals surface area contributed by atoms with E-state index in [9.17, 15) is 0 Å². The molecule has 0 aliphatic heterocycles. The predicted molar refractivity (Wildman–Crippen MR) is 77.6 cm³/mol. The van der Waals surface area contributed by atoms with Crippen molar-refractivity contribution in [1.29, 1.82) is 0 Å². The summed E-state index contributed by atoms with van der Waals surface area (Å²) in [5.74, 6) is 2.65. The minimum Gasteiger partial charge on any atom is -0.382 e. The summed E-state index contributed by atoms with van der Waals surface area (Å²) >= 11 is 0. The van der Waals surface area contributed by atoms with Crippen LogP contribution in [0, 0.1) is 12.3 Å². The summed E-state index contributed by atoms with van der Waals surface area (Å²) in [6, 6.07) is 18.8. The largest absolute Gasteiger partial charge is 0.382 e. The van der Waals surface area contributed by atoms with Crippen LogP contribution < -0.4 is 5.32 Å². The molecule has 0 bridgehead atoms. The van der Waals surface area contributed by atoms with Crippen LogP contribution in [0.1, 0.15) is 18.1 Å². The van der Waals surface area contributed by atoms with Crippen molar-refractivity contribution < 1.29 is 0 Å². The summed E-state index contributed by atoms with van der Waals surface area (Å²) < 4.78 is 0. The van der Waals surface area contributed by atoms with Gasteiger partial charge in [0.1, 0.15) is 0 Å². The van der Waals surface area contributed by atoms with Crippen LogP contribution >= 0.6 is 0 Å². The molecule has 0 aromatic heterocycles. The van der Waals surface area contributed by atoms with E-state index in [2.05, 4.69) is 42.4 Å². The Labute approximate surface area is 109 Å². The lowest BCUT2D eigenvalue weighted by Gasteiger charge is -2.15. The first-order chi connectivity index (χ1) is 8.78. The third-order valence-corrected chi connectivity index (χ3v) is 2.83. The molecule has 18 heavy (non-hydrogen) atoms. The monoisotopic (exact) mass is 235 g/mol. The van der Waals surface area contributed by atoms with Crippen LogP contribution in [0.25, 0.3) is 0 Å². The van der Waals surface area contributed by atoms with E-state index < -0.39 is 0 Å². The molecule has 0 aliphatic carbocycles. The van der Waals surface area contributed by atoms with E-state index >= 15 is 0 Å². The molecule has 2 aromatic rings. The topological polar surface area (TPSA) is 12.0 Å². The number of hydrogen-bond donors (Lipinski definition) is 1. The molecular formula is C17H17N. The molecule has 0 amide bonds. The smallest absolute Gasteiger partial charge is 0.0354 e. The molecule has 0 saturated heterocycles. The second-order valence-electron chi connectivity index (χ2n) is 4.46. The molecule has 0 heterocycles. The lowest BCUT2D eigenvalue weighted by Crippen LogP contribution is -2.17. The Morgan fingerprint density at radius 2 is 1.89 bits per heavy atom. The SMILES string of the molecule is C#Cc1cccc(NC(C)Cc2ccccc2)c1. The average molecular weight is 235 g/mol. The molecule has 2 rings (SSSR count). The lowest BCUT2D eigenvalue weighted by atomic mass is 10.1. The van der Waals surface area contributed by atoms with Gasteiger partial charge in [-0.1, -0.05) is 42.3 Å². The quantitative estimate of drug-likeness (QED) is 0.797. The van der Waals surface area contributed by atoms with Gasteiger partial charge in [0.2, 0.25) is 0 Å². The number of hydrogen-bond acceptors (Lipinski definition) is 1. The van der Waals surface area contributed by atoms with Gasteiger partial charge < -0.3 is 5.32 Å². The summed E-state index contributed by atoms with van der Waals surface area (Å²) in [5, 5.41) is 3.47. The molecular weight excluding hydrogens is 218 g/mol. The highest BCUT2D eigenvalue weighted by molar-refractivity contribution is 5.50. The van der Waals surface area contributed by atoms with Gasteiger partial charge in [0.15, 0.2) is 0 Å². The molecule has 0 radical (unpaired) electrons. The number of rotatable bonds is 4. The molecule has 1 unspecified atom stereocenters. The third kappa shape index (κ3) is 3.40. The van der Waals surface area contributed by atoms with Crippen molar-refractivity contribution in [2.45, 2.75) is 19.4 Å². The fourth-order valence-corrected chi connectivity index (χ4v) is 2.00. The molecule has 0 aliphatic rings. The Morgan fingerprint density at radius 1 is 1.11 bits per heavy atom. The van der Waals surface area contributed by atoms with Crippen molar-refractivity contribution in [2.75, 3.05) is 5.32 Å². The Kier molecular flexibility index (Phi) is 4.04. The van der Waals surface area contributed by atoms with Crippen molar-refractivity contribution in [3.05, 3.63) is 65.7 Å². The van der Waals surface area contributed by atoms with Gasteiger partial charge in [0.25, 0.3) is 0 Å². The first-order valence-corrected chi connectivity index (χ1v) is 6.15. The van der Waals surface area contributed by atoms with Gasteiger partial charge in [0, 0.05) is 17.3 Å². The van der Waals surface area contributed by atoms with Crippen molar-refractivity contribution >= 4 is 5.69 Å². The van der Waals surface area contributed by atoms with Crippen LogP contribution in [0.3, 0.4) is 0 Å². The van der Waals surface area contributed by atoms with Crippen LogP contribution in [0.2, 0.25) is 0 Å². The summed E-state index contributed by atoms with van der Waals surface area (Å²) in [5.41, 5.74) is 3.33. The number of nitrogens with one attached hydrogen (secondary N) is 1. The van der Waals surface area contributed by atoms with Crippen LogP contribution in [0.15, 0.2) is 54.6 Å².